The van der Waals surface area contributed by atoms with Gasteiger partial charge in [-0.3, -0.25) is 15.1 Å². The van der Waals surface area contributed by atoms with Gasteiger partial charge in [0.15, 0.2) is 0 Å². The number of carbonyl (C=O) groups is 1. The Balaban J connectivity index is 1.65. The van der Waals surface area contributed by atoms with Gasteiger partial charge in [0.25, 0.3) is 5.69 Å². The van der Waals surface area contributed by atoms with Crippen LogP contribution < -0.4 is 10.1 Å². The van der Waals surface area contributed by atoms with Crippen LogP contribution in [0.1, 0.15) is 24.8 Å². The molecular formula is C20H21N5O4. The molecule has 0 bridgehead atoms. The van der Waals surface area contributed by atoms with Crippen molar-refractivity contribution in [3.05, 3.63) is 69.8 Å². The summed E-state index contributed by atoms with van der Waals surface area (Å²) in [6.45, 7) is 8.43. The van der Waals surface area contributed by atoms with E-state index < -0.39 is 4.92 Å². The molecule has 0 aliphatic carbocycles. The molecule has 29 heavy (non-hydrogen) atoms. The highest BCUT2D eigenvalue weighted by Crippen LogP contribution is 2.37. The Kier molecular flexibility index (Phi) is 6.58. The van der Waals surface area contributed by atoms with Crippen LogP contribution in [0.3, 0.4) is 0 Å². The molecule has 2 heterocycles. The molecule has 150 valence electrons. The highest BCUT2D eigenvalue weighted by atomic mass is 16.6. The molecule has 1 N–H and O–H groups in total. The molecule has 1 aliphatic heterocycles. The number of rotatable bonds is 6. The molecule has 1 aromatic carbocycles. The van der Waals surface area contributed by atoms with E-state index in [9.17, 15) is 14.9 Å². The molecule has 9 nitrogen and oxygen atoms in total. The average Bonchev–Trinajstić information content (AvgIpc) is 2.76. The number of likely N-dealkylation sites (tertiary alicyclic amines) is 1. The van der Waals surface area contributed by atoms with Crippen LogP contribution in [0, 0.1) is 16.7 Å². The number of pyridine rings is 1. The molecule has 3 rings (SSSR count). The van der Waals surface area contributed by atoms with Gasteiger partial charge in [0.1, 0.15) is 12.4 Å². The number of para-hydroxylation sites is 1. The van der Waals surface area contributed by atoms with Gasteiger partial charge in [0.05, 0.1) is 17.5 Å². The van der Waals surface area contributed by atoms with Crippen LogP contribution in [0.2, 0.25) is 0 Å². The standard InChI is InChI=1S/C20H21N5O4/c1-21-19-17(25(27)28)6-4-7-18(19)29-14-16-5-2-3-12-24(16)20(26)23-13-15-8-10-22-11-9-15/h4,6-11,16H,2-3,5,12-14H2,(H,23,26)/t16-/m1/s1. The lowest BCUT2D eigenvalue weighted by molar-refractivity contribution is -0.383. The van der Waals surface area contributed by atoms with Crippen molar-refractivity contribution in [2.75, 3.05) is 13.2 Å². The van der Waals surface area contributed by atoms with Gasteiger partial charge >= 0.3 is 11.7 Å². The molecule has 0 unspecified atom stereocenters. The summed E-state index contributed by atoms with van der Waals surface area (Å²) >= 11 is 0. The van der Waals surface area contributed by atoms with Gasteiger partial charge < -0.3 is 15.0 Å². The number of nitrogens with zero attached hydrogens (tertiary/aromatic N) is 4. The first-order valence-corrected chi connectivity index (χ1v) is 9.31. The Morgan fingerprint density at radius 1 is 1.34 bits per heavy atom. The minimum absolute atomic E-state index is 0.123. The highest BCUT2D eigenvalue weighted by Gasteiger charge is 2.28. The van der Waals surface area contributed by atoms with E-state index in [4.69, 9.17) is 11.3 Å². The summed E-state index contributed by atoms with van der Waals surface area (Å²) < 4.78 is 5.75. The van der Waals surface area contributed by atoms with Crippen molar-refractivity contribution >= 4 is 17.4 Å². The summed E-state index contributed by atoms with van der Waals surface area (Å²) in [6.07, 6.45) is 5.99. The van der Waals surface area contributed by atoms with Crippen molar-refractivity contribution in [3.63, 3.8) is 0 Å². The minimum Gasteiger partial charge on any atom is -0.502 e. The second kappa shape index (κ2) is 9.50. The first-order valence-electron chi connectivity index (χ1n) is 9.31. The molecule has 1 atom stereocenters. The first kappa shape index (κ1) is 20.1. The van der Waals surface area contributed by atoms with Crippen LogP contribution >= 0.6 is 0 Å². The normalized spacial score (nSPS) is 16.0. The summed E-state index contributed by atoms with van der Waals surface area (Å²) in [5.41, 5.74) is 0.548. The summed E-state index contributed by atoms with van der Waals surface area (Å²) in [5.74, 6) is 0.164. The van der Waals surface area contributed by atoms with Crippen LogP contribution in [-0.2, 0) is 6.54 Å². The monoisotopic (exact) mass is 395 g/mol. The fourth-order valence-electron chi connectivity index (χ4n) is 3.29. The molecule has 0 radical (unpaired) electrons. The molecule has 0 saturated carbocycles. The van der Waals surface area contributed by atoms with Crippen LogP contribution in [0.4, 0.5) is 16.2 Å². The number of benzene rings is 1. The smallest absolute Gasteiger partial charge is 0.318 e. The van der Waals surface area contributed by atoms with Gasteiger partial charge in [-0.1, -0.05) is 6.07 Å². The number of nitro benzene ring substituents is 1. The third-order valence-corrected chi connectivity index (χ3v) is 4.80. The van der Waals surface area contributed by atoms with Gasteiger partial charge in [0, 0.05) is 31.5 Å². The maximum atomic E-state index is 12.7. The lowest BCUT2D eigenvalue weighted by Gasteiger charge is -2.35. The number of nitrogens with one attached hydrogen (secondary N) is 1. The zero-order chi connectivity index (χ0) is 20.6. The second-order valence-corrected chi connectivity index (χ2v) is 6.66. The molecule has 1 aliphatic rings. The maximum Gasteiger partial charge on any atom is 0.318 e. The number of hydrogen-bond acceptors (Lipinski definition) is 5. The Labute approximate surface area is 168 Å². The summed E-state index contributed by atoms with van der Waals surface area (Å²) in [6, 6.07) is 7.63. The van der Waals surface area contributed by atoms with Crippen molar-refractivity contribution in [2.45, 2.75) is 31.8 Å². The van der Waals surface area contributed by atoms with E-state index in [-0.39, 0.29) is 35.8 Å². The Morgan fingerprint density at radius 2 is 2.14 bits per heavy atom. The van der Waals surface area contributed by atoms with E-state index >= 15 is 0 Å². The number of urea groups is 1. The molecule has 1 saturated heterocycles. The maximum absolute atomic E-state index is 12.7. The molecule has 2 aromatic rings. The number of ether oxygens (including phenoxy) is 1. The van der Waals surface area contributed by atoms with Crippen LogP contribution in [0.15, 0.2) is 42.7 Å². The van der Waals surface area contributed by atoms with Gasteiger partial charge in [0.2, 0.25) is 0 Å². The SMILES string of the molecule is [C-]#[N+]c1c(OC[C@H]2CCCCN2C(=O)NCc2ccncc2)cccc1[N+](=O)[O-]. The van der Waals surface area contributed by atoms with Gasteiger partial charge in [-0.05, 0) is 43.0 Å². The number of carbonyl (C=O) groups excluding carboxylic acids is 1. The summed E-state index contributed by atoms with van der Waals surface area (Å²) in [7, 11) is 0. The number of piperidine rings is 1. The average molecular weight is 395 g/mol. The van der Waals surface area contributed by atoms with E-state index in [1.165, 1.54) is 18.2 Å². The van der Waals surface area contributed by atoms with Crippen molar-refractivity contribution in [3.8, 4) is 5.75 Å². The predicted octanol–water partition coefficient (Wildman–Crippen LogP) is 3.68. The second-order valence-electron chi connectivity index (χ2n) is 6.66. The summed E-state index contributed by atoms with van der Waals surface area (Å²) in [4.78, 5) is 32.1. The van der Waals surface area contributed by atoms with Crippen LogP contribution in [0.25, 0.3) is 4.85 Å². The third-order valence-electron chi connectivity index (χ3n) is 4.80. The van der Waals surface area contributed by atoms with E-state index in [1.807, 2.05) is 12.1 Å². The van der Waals surface area contributed by atoms with Crippen LogP contribution in [0.5, 0.6) is 5.75 Å². The van der Waals surface area contributed by atoms with Gasteiger partial charge in [-0.2, -0.15) is 0 Å². The largest absolute Gasteiger partial charge is 0.502 e. The Bertz CT molecular complexity index is 913. The predicted molar refractivity (Wildman–Crippen MR) is 106 cm³/mol. The van der Waals surface area contributed by atoms with Crippen molar-refractivity contribution in [1.29, 1.82) is 0 Å². The van der Waals surface area contributed by atoms with Crippen molar-refractivity contribution in [1.82, 2.24) is 15.2 Å². The van der Waals surface area contributed by atoms with Crippen molar-refractivity contribution < 1.29 is 14.5 Å². The summed E-state index contributed by atoms with van der Waals surface area (Å²) in [5, 5.41) is 14.0. The molecule has 1 fully saturated rings. The molecule has 2 amide bonds. The lowest BCUT2D eigenvalue weighted by atomic mass is 10.0. The quantitative estimate of drug-likeness (QED) is 0.457. The van der Waals surface area contributed by atoms with E-state index in [1.54, 1.807) is 17.3 Å². The van der Waals surface area contributed by atoms with Gasteiger partial charge in [-0.25, -0.2) is 9.64 Å². The van der Waals surface area contributed by atoms with E-state index in [0.29, 0.717) is 13.1 Å². The number of nitro groups is 1. The molecule has 0 spiro atoms. The minimum atomic E-state index is -0.598. The molecule has 1 aromatic heterocycles. The van der Waals surface area contributed by atoms with E-state index in [0.717, 1.165) is 24.8 Å². The number of hydrogen-bond donors (Lipinski definition) is 1. The lowest BCUT2D eigenvalue weighted by Crippen LogP contribution is -2.50. The van der Waals surface area contributed by atoms with E-state index in [2.05, 4.69) is 15.1 Å². The highest BCUT2D eigenvalue weighted by molar-refractivity contribution is 5.74. The van der Waals surface area contributed by atoms with Crippen molar-refractivity contribution in [2.24, 2.45) is 0 Å². The Morgan fingerprint density at radius 3 is 2.86 bits per heavy atom. The zero-order valence-electron chi connectivity index (χ0n) is 15.8. The number of aromatic nitrogens is 1. The van der Waals surface area contributed by atoms with Crippen LogP contribution in [-0.4, -0.2) is 40.0 Å². The number of amides is 2. The zero-order valence-corrected chi connectivity index (χ0v) is 15.8. The Hall–Kier alpha value is -3.67. The topological polar surface area (TPSA) is 102 Å². The van der Waals surface area contributed by atoms with Gasteiger partial charge in [-0.15, -0.1) is 0 Å². The molecular weight excluding hydrogens is 374 g/mol. The third kappa shape index (κ3) is 4.99. The fourth-order valence-corrected chi connectivity index (χ4v) is 3.29. The molecule has 9 heteroatoms. The first-order chi connectivity index (χ1) is 14.1. The fraction of sp³-hybridized carbons (Fsp3) is 0.350.